The fraction of sp³-hybridized carbons (Fsp3) is 0.650. The molecule has 0 amide bonds. The summed E-state index contributed by atoms with van der Waals surface area (Å²) in [6.07, 6.45) is -4.30. The molecule has 1 aliphatic heterocycles. The molecule has 0 aliphatic carbocycles. The van der Waals surface area contributed by atoms with Crippen LogP contribution in [0.1, 0.15) is 25.0 Å². The SMILES string of the molecule is CN=C(NCc1ccc(COCC(F)(F)F)cc1)NCC(C)N1CCOCC1C.I. The lowest BCUT2D eigenvalue weighted by atomic mass is 10.1. The van der Waals surface area contributed by atoms with Gasteiger partial charge in [0.15, 0.2) is 5.96 Å². The maximum atomic E-state index is 12.1. The Morgan fingerprint density at radius 3 is 2.53 bits per heavy atom. The van der Waals surface area contributed by atoms with Gasteiger partial charge < -0.3 is 20.1 Å². The molecular formula is C20H32F3IN4O2. The third kappa shape index (κ3) is 9.80. The monoisotopic (exact) mass is 544 g/mol. The number of nitrogens with one attached hydrogen (secondary N) is 2. The van der Waals surface area contributed by atoms with Crippen molar-refractivity contribution in [2.24, 2.45) is 4.99 Å². The zero-order chi connectivity index (χ0) is 21.3. The van der Waals surface area contributed by atoms with Crippen LogP contribution in [-0.4, -0.2) is 69.1 Å². The Morgan fingerprint density at radius 2 is 1.93 bits per heavy atom. The second-order valence-corrected chi connectivity index (χ2v) is 7.24. The first-order valence-electron chi connectivity index (χ1n) is 9.79. The van der Waals surface area contributed by atoms with E-state index in [-0.39, 0.29) is 30.6 Å². The summed E-state index contributed by atoms with van der Waals surface area (Å²) in [5.41, 5.74) is 1.70. The number of aliphatic imine (C=N–C) groups is 1. The van der Waals surface area contributed by atoms with Crippen LogP contribution in [0.4, 0.5) is 13.2 Å². The molecule has 1 saturated heterocycles. The molecular weight excluding hydrogens is 512 g/mol. The Bertz CT molecular complexity index is 644. The second kappa shape index (κ2) is 13.3. The lowest BCUT2D eigenvalue weighted by Gasteiger charge is -2.38. The third-order valence-corrected chi connectivity index (χ3v) is 4.79. The van der Waals surface area contributed by atoms with Gasteiger partial charge in [0, 0.05) is 38.8 Å². The predicted octanol–water partition coefficient (Wildman–Crippen LogP) is 3.16. The van der Waals surface area contributed by atoms with E-state index >= 15 is 0 Å². The zero-order valence-corrected chi connectivity index (χ0v) is 20.0. The second-order valence-electron chi connectivity index (χ2n) is 7.24. The zero-order valence-electron chi connectivity index (χ0n) is 17.7. The van der Waals surface area contributed by atoms with Gasteiger partial charge in [-0.25, -0.2) is 0 Å². The number of benzene rings is 1. The molecule has 1 aliphatic rings. The van der Waals surface area contributed by atoms with Crippen LogP contribution in [0.15, 0.2) is 29.3 Å². The summed E-state index contributed by atoms with van der Waals surface area (Å²) in [7, 11) is 1.72. The Balaban J connectivity index is 0.00000450. The average molecular weight is 544 g/mol. The third-order valence-electron chi connectivity index (χ3n) is 4.79. The van der Waals surface area contributed by atoms with Crippen LogP contribution in [-0.2, 0) is 22.6 Å². The molecule has 1 heterocycles. The maximum absolute atomic E-state index is 12.1. The van der Waals surface area contributed by atoms with Crippen molar-refractivity contribution in [2.45, 2.75) is 45.3 Å². The van der Waals surface area contributed by atoms with Gasteiger partial charge in [0.05, 0.1) is 19.8 Å². The van der Waals surface area contributed by atoms with Gasteiger partial charge in [-0.05, 0) is 25.0 Å². The van der Waals surface area contributed by atoms with E-state index in [0.29, 0.717) is 30.2 Å². The highest BCUT2D eigenvalue weighted by Gasteiger charge is 2.27. The van der Waals surface area contributed by atoms with E-state index in [1.165, 1.54) is 0 Å². The van der Waals surface area contributed by atoms with Crippen LogP contribution in [0.2, 0.25) is 0 Å². The van der Waals surface area contributed by atoms with E-state index in [1.807, 2.05) is 12.1 Å². The molecule has 2 N–H and O–H groups in total. The molecule has 1 fully saturated rings. The van der Waals surface area contributed by atoms with Gasteiger partial charge in [-0.1, -0.05) is 24.3 Å². The quantitative estimate of drug-likeness (QED) is 0.299. The minimum atomic E-state index is -4.30. The standard InChI is InChI=1S/C20H31F3N4O2.HI/c1-15(27-8-9-28-12-16(27)2)10-25-19(24-3)26-11-17-4-6-18(7-5-17)13-29-14-20(21,22)23;/h4-7,15-16H,8-14H2,1-3H3,(H2,24,25,26);1H. The molecule has 2 rings (SSSR count). The first-order valence-corrected chi connectivity index (χ1v) is 9.79. The summed E-state index contributed by atoms with van der Waals surface area (Å²) in [4.78, 5) is 6.66. The number of rotatable bonds is 8. The van der Waals surface area contributed by atoms with E-state index in [0.717, 1.165) is 31.9 Å². The Kier molecular flexibility index (Phi) is 12.0. The predicted molar refractivity (Wildman–Crippen MR) is 122 cm³/mol. The highest BCUT2D eigenvalue weighted by atomic mass is 127. The maximum Gasteiger partial charge on any atom is 0.411 e. The number of nitrogens with zero attached hydrogens (tertiary/aromatic N) is 2. The largest absolute Gasteiger partial charge is 0.411 e. The number of morpholine rings is 1. The van der Waals surface area contributed by atoms with Crippen LogP contribution in [0.5, 0.6) is 0 Å². The van der Waals surface area contributed by atoms with Crippen LogP contribution in [0, 0.1) is 0 Å². The van der Waals surface area contributed by atoms with Gasteiger partial charge in [-0.2, -0.15) is 13.2 Å². The fourth-order valence-corrected chi connectivity index (χ4v) is 3.20. The average Bonchev–Trinajstić information content (AvgIpc) is 2.68. The van der Waals surface area contributed by atoms with Gasteiger partial charge >= 0.3 is 6.18 Å². The fourth-order valence-electron chi connectivity index (χ4n) is 3.20. The number of ether oxygens (including phenoxy) is 2. The Morgan fingerprint density at radius 1 is 1.27 bits per heavy atom. The lowest BCUT2D eigenvalue weighted by Crippen LogP contribution is -2.52. The molecule has 1 aromatic carbocycles. The summed E-state index contributed by atoms with van der Waals surface area (Å²) >= 11 is 0. The van der Waals surface area contributed by atoms with Crippen molar-refractivity contribution in [1.29, 1.82) is 0 Å². The first kappa shape index (κ1) is 26.9. The number of hydrogen-bond acceptors (Lipinski definition) is 4. The topological polar surface area (TPSA) is 58.1 Å². The van der Waals surface area contributed by atoms with Crippen molar-refractivity contribution in [3.8, 4) is 0 Å². The Labute approximate surface area is 193 Å². The van der Waals surface area contributed by atoms with Crippen LogP contribution in [0.25, 0.3) is 0 Å². The summed E-state index contributed by atoms with van der Waals surface area (Å²) in [6.45, 7) is 6.82. The molecule has 2 atom stereocenters. The highest BCUT2D eigenvalue weighted by Crippen LogP contribution is 2.16. The summed E-state index contributed by atoms with van der Waals surface area (Å²) in [5, 5.41) is 6.59. The van der Waals surface area contributed by atoms with Crippen LogP contribution in [0.3, 0.4) is 0 Å². The Hall–Kier alpha value is -1.11. The molecule has 2 unspecified atom stereocenters. The molecule has 6 nitrogen and oxygen atoms in total. The van der Waals surface area contributed by atoms with Gasteiger partial charge in [-0.3, -0.25) is 9.89 Å². The van der Waals surface area contributed by atoms with Crippen molar-refractivity contribution < 1.29 is 22.6 Å². The number of hydrogen-bond donors (Lipinski definition) is 2. The van der Waals surface area contributed by atoms with E-state index in [9.17, 15) is 13.2 Å². The van der Waals surface area contributed by atoms with Gasteiger partial charge in [0.1, 0.15) is 6.61 Å². The van der Waals surface area contributed by atoms with Crippen LogP contribution >= 0.6 is 24.0 Å². The van der Waals surface area contributed by atoms with Crippen molar-refractivity contribution in [3.63, 3.8) is 0 Å². The molecule has 1 aromatic rings. The molecule has 172 valence electrons. The highest BCUT2D eigenvalue weighted by molar-refractivity contribution is 14.0. The van der Waals surface area contributed by atoms with Crippen molar-refractivity contribution in [2.75, 3.05) is 40.0 Å². The summed E-state index contributed by atoms with van der Waals surface area (Å²) in [5.74, 6) is 0.704. The smallest absolute Gasteiger partial charge is 0.379 e. The number of alkyl halides is 3. The van der Waals surface area contributed by atoms with E-state index in [4.69, 9.17) is 4.74 Å². The molecule has 0 aromatic heterocycles. The van der Waals surface area contributed by atoms with Gasteiger partial charge in [-0.15, -0.1) is 24.0 Å². The van der Waals surface area contributed by atoms with Gasteiger partial charge in [0.25, 0.3) is 0 Å². The number of guanidine groups is 1. The van der Waals surface area contributed by atoms with Crippen molar-refractivity contribution in [1.82, 2.24) is 15.5 Å². The first-order chi connectivity index (χ1) is 13.8. The molecule has 0 saturated carbocycles. The summed E-state index contributed by atoms with van der Waals surface area (Å²) in [6, 6.07) is 8.02. The molecule has 10 heteroatoms. The van der Waals surface area contributed by atoms with E-state index in [2.05, 4.69) is 39.1 Å². The van der Waals surface area contributed by atoms with Crippen molar-refractivity contribution in [3.05, 3.63) is 35.4 Å². The normalized spacial score (nSPS) is 19.1. The van der Waals surface area contributed by atoms with Crippen LogP contribution < -0.4 is 10.6 Å². The van der Waals surface area contributed by atoms with Gasteiger partial charge in [0.2, 0.25) is 0 Å². The molecule has 0 radical (unpaired) electrons. The molecule has 0 bridgehead atoms. The minimum absolute atomic E-state index is 0. The number of halogens is 4. The lowest BCUT2D eigenvalue weighted by molar-refractivity contribution is -0.176. The van der Waals surface area contributed by atoms with E-state index in [1.54, 1.807) is 19.2 Å². The molecule has 0 spiro atoms. The van der Waals surface area contributed by atoms with Crippen molar-refractivity contribution >= 4 is 29.9 Å². The minimum Gasteiger partial charge on any atom is -0.379 e. The summed E-state index contributed by atoms with van der Waals surface area (Å²) < 4.78 is 46.5. The van der Waals surface area contributed by atoms with E-state index < -0.39 is 12.8 Å². The molecule has 30 heavy (non-hydrogen) atoms.